The van der Waals surface area contributed by atoms with E-state index in [0.29, 0.717) is 23.8 Å². The van der Waals surface area contributed by atoms with Crippen molar-refractivity contribution in [1.82, 2.24) is 5.32 Å². The van der Waals surface area contributed by atoms with Crippen molar-refractivity contribution in [1.29, 1.82) is 0 Å². The molecule has 34 heavy (non-hydrogen) atoms. The predicted octanol–water partition coefficient (Wildman–Crippen LogP) is 6.31. The third-order valence-corrected chi connectivity index (χ3v) is 6.84. The number of carboxylic acids is 1. The highest BCUT2D eigenvalue weighted by atomic mass is 19.4. The first-order chi connectivity index (χ1) is 15.9. The maximum Gasteiger partial charge on any atom is 0.420 e. The largest absolute Gasteiger partial charge is 0.490 e. The first-order valence-corrected chi connectivity index (χ1v) is 11.2. The first kappa shape index (κ1) is 24.6. The molecule has 2 saturated carbocycles. The average Bonchev–Trinajstić information content (AvgIpc) is 2.70. The highest BCUT2D eigenvalue weighted by Crippen LogP contribution is 2.44. The van der Waals surface area contributed by atoms with Gasteiger partial charge in [0.2, 0.25) is 0 Å². The van der Waals surface area contributed by atoms with E-state index in [1.54, 1.807) is 12.1 Å². The molecule has 2 aliphatic rings. The summed E-state index contributed by atoms with van der Waals surface area (Å²) in [4.78, 5) is 10.9. The molecule has 0 amide bonds. The van der Waals surface area contributed by atoms with Gasteiger partial charge in [0.15, 0.2) is 0 Å². The molecule has 0 aromatic heterocycles. The van der Waals surface area contributed by atoms with E-state index < -0.39 is 41.8 Å². The second kappa shape index (κ2) is 9.28. The molecule has 186 valence electrons. The van der Waals surface area contributed by atoms with Crippen LogP contribution in [0.4, 0.5) is 26.3 Å². The third kappa shape index (κ3) is 5.42. The highest BCUT2D eigenvalue weighted by molar-refractivity contribution is 5.89. The van der Waals surface area contributed by atoms with E-state index in [1.165, 1.54) is 18.2 Å². The molecule has 0 saturated heterocycles. The molecule has 4 nitrogen and oxygen atoms in total. The summed E-state index contributed by atoms with van der Waals surface area (Å²) >= 11 is 0. The summed E-state index contributed by atoms with van der Waals surface area (Å²) in [7, 11) is 0. The van der Waals surface area contributed by atoms with Gasteiger partial charge in [0.05, 0.1) is 17.9 Å². The Balaban J connectivity index is 1.51. The van der Waals surface area contributed by atoms with E-state index in [2.05, 4.69) is 5.32 Å². The molecular formula is C24H25F6NO3. The topological polar surface area (TPSA) is 58.6 Å². The Bertz CT molecular complexity index is 1040. The number of carboxylic acid groups (broad SMARTS) is 1. The Morgan fingerprint density at radius 1 is 1.00 bits per heavy atom. The van der Waals surface area contributed by atoms with E-state index in [9.17, 15) is 31.1 Å². The zero-order chi connectivity index (χ0) is 24.7. The number of nitrogens with one attached hydrogen (secondary N) is 1. The van der Waals surface area contributed by atoms with Crippen LogP contribution >= 0.6 is 0 Å². The van der Waals surface area contributed by atoms with E-state index >= 15 is 0 Å². The molecule has 2 aromatic carbocycles. The van der Waals surface area contributed by atoms with Crippen molar-refractivity contribution in [2.45, 2.75) is 69.6 Å². The summed E-state index contributed by atoms with van der Waals surface area (Å²) in [6, 6.07) is 7.48. The van der Waals surface area contributed by atoms with Crippen LogP contribution in [0, 0.1) is 11.8 Å². The molecule has 2 aliphatic carbocycles. The van der Waals surface area contributed by atoms with Crippen molar-refractivity contribution in [2.24, 2.45) is 11.8 Å². The summed E-state index contributed by atoms with van der Waals surface area (Å²) in [6.45, 7) is 0.288. The number of fused-ring (bicyclic) bond motifs is 1. The van der Waals surface area contributed by atoms with Crippen LogP contribution in [-0.2, 0) is 17.5 Å². The summed E-state index contributed by atoms with van der Waals surface area (Å²) in [5, 5.41) is 12.5. The summed E-state index contributed by atoms with van der Waals surface area (Å²) in [5.41, 5.74) is -0.320. The van der Waals surface area contributed by atoms with Gasteiger partial charge in [-0.15, -0.1) is 0 Å². The van der Waals surface area contributed by atoms with Gasteiger partial charge in [0.25, 0.3) is 0 Å². The van der Waals surface area contributed by atoms with Gasteiger partial charge in [-0.3, -0.25) is 4.79 Å². The highest BCUT2D eigenvalue weighted by Gasteiger charge is 2.43. The smallest absolute Gasteiger partial charge is 0.420 e. The Kier molecular flexibility index (Phi) is 6.72. The predicted molar refractivity (Wildman–Crippen MR) is 112 cm³/mol. The lowest BCUT2D eigenvalue weighted by Gasteiger charge is -2.33. The van der Waals surface area contributed by atoms with E-state index in [0.717, 1.165) is 0 Å². The molecule has 0 atom stereocenters. The van der Waals surface area contributed by atoms with Crippen molar-refractivity contribution in [2.75, 3.05) is 0 Å². The summed E-state index contributed by atoms with van der Waals surface area (Å²) < 4.78 is 86.6. The van der Waals surface area contributed by atoms with E-state index in [-0.39, 0.29) is 49.4 Å². The fourth-order valence-corrected chi connectivity index (χ4v) is 4.78. The number of hydrogen-bond donors (Lipinski definition) is 2. The SMILES string of the molecule is O=C(O)C1CC(NCc2ccc3ccc(O[C@H]4CC[C@@H](C(F)(F)F)CC4)c(C(F)(F)F)c3c2)C1. The van der Waals surface area contributed by atoms with Crippen LogP contribution < -0.4 is 10.1 Å². The number of hydrogen-bond acceptors (Lipinski definition) is 3. The molecule has 0 unspecified atom stereocenters. The molecule has 0 spiro atoms. The molecule has 0 bridgehead atoms. The van der Waals surface area contributed by atoms with Gasteiger partial charge in [-0.05, 0) is 67.0 Å². The lowest BCUT2D eigenvalue weighted by molar-refractivity contribution is -0.185. The van der Waals surface area contributed by atoms with Crippen LogP contribution in [0.25, 0.3) is 10.8 Å². The lowest BCUT2D eigenvalue weighted by Crippen LogP contribution is -2.43. The average molecular weight is 489 g/mol. The molecule has 4 rings (SSSR count). The lowest BCUT2D eigenvalue weighted by atomic mass is 9.80. The van der Waals surface area contributed by atoms with Crippen molar-refractivity contribution < 1.29 is 41.0 Å². The van der Waals surface area contributed by atoms with Gasteiger partial charge in [-0.2, -0.15) is 26.3 Å². The zero-order valence-corrected chi connectivity index (χ0v) is 18.2. The molecule has 10 heteroatoms. The van der Waals surface area contributed by atoms with Crippen molar-refractivity contribution >= 4 is 16.7 Å². The number of halogens is 6. The second-order valence-electron chi connectivity index (χ2n) is 9.21. The minimum Gasteiger partial charge on any atom is -0.490 e. The van der Waals surface area contributed by atoms with Crippen molar-refractivity contribution in [3.63, 3.8) is 0 Å². The summed E-state index contributed by atoms with van der Waals surface area (Å²) in [5.74, 6) is -3.05. The molecule has 0 aliphatic heterocycles. The van der Waals surface area contributed by atoms with Gasteiger partial charge in [0.1, 0.15) is 11.3 Å². The standard InChI is InChI=1S/C24H25F6NO3/c25-23(26,27)16-4-6-18(7-5-16)34-20-8-3-14-2-1-13(9-19(14)21(20)24(28,29)30)12-31-17-10-15(11-17)22(32)33/h1-3,8-9,15-18,31H,4-7,10-12H2,(H,32,33)/t15?,16-,17?,18+. The van der Waals surface area contributed by atoms with Crippen LogP contribution in [0.5, 0.6) is 5.75 Å². The zero-order valence-electron chi connectivity index (χ0n) is 18.2. The quantitative estimate of drug-likeness (QED) is 0.467. The van der Waals surface area contributed by atoms with Crippen LogP contribution in [0.15, 0.2) is 30.3 Å². The Morgan fingerprint density at radius 2 is 1.65 bits per heavy atom. The third-order valence-electron chi connectivity index (χ3n) is 6.84. The molecular weight excluding hydrogens is 464 g/mol. The fraction of sp³-hybridized carbons (Fsp3) is 0.542. The monoisotopic (exact) mass is 489 g/mol. The number of benzene rings is 2. The number of ether oxygens (including phenoxy) is 1. The first-order valence-electron chi connectivity index (χ1n) is 11.2. The van der Waals surface area contributed by atoms with Gasteiger partial charge >= 0.3 is 18.3 Å². The van der Waals surface area contributed by atoms with Gasteiger partial charge in [-0.1, -0.05) is 18.2 Å². The van der Waals surface area contributed by atoms with Gasteiger partial charge in [-0.25, -0.2) is 0 Å². The number of aliphatic carboxylic acids is 1. The van der Waals surface area contributed by atoms with Crippen molar-refractivity contribution in [3.05, 3.63) is 41.5 Å². The van der Waals surface area contributed by atoms with E-state index in [4.69, 9.17) is 9.84 Å². The number of rotatable bonds is 6. The molecule has 0 heterocycles. The number of alkyl halides is 6. The fourth-order valence-electron chi connectivity index (χ4n) is 4.78. The van der Waals surface area contributed by atoms with Crippen LogP contribution in [0.3, 0.4) is 0 Å². The molecule has 2 aromatic rings. The summed E-state index contributed by atoms with van der Waals surface area (Å²) in [6.07, 6.45) is -9.01. The van der Waals surface area contributed by atoms with Crippen molar-refractivity contribution in [3.8, 4) is 5.75 Å². The van der Waals surface area contributed by atoms with Crippen LogP contribution in [0.2, 0.25) is 0 Å². The van der Waals surface area contributed by atoms with E-state index in [1.807, 2.05) is 0 Å². The normalized spacial score (nSPS) is 25.7. The van der Waals surface area contributed by atoms with Crippen LogP contribution in [0.1, 0.15) is 49.7 Å². The maximum absolute atomic E-state index is 14.1. The molecule has 2 N–H and O–H groups in total. The van der Waals surface area contributed by atoms with Gasteiger partial charge in [0, 0.05) is 12.6 Å². The van der Waals surface area contributed by atoms with Crippen LogP contribution in [-0.4, -0.2) is 29.4 Å². The Labute approximate surface area is 192 Å². The minimum atomic E-state index is -4.72. The molecule has 0 radical (unpaired) electrons. The Morgan fingerprint density at radius 3 is 2.24 bits per heavy atom. The number of carbonyl (C=O) groups is 1. The second-order valence-corrected chi connectivity index (χ2v) is 9.21. The maximum atomic E-state index is 14.1. The Hall–Kier alpha value is -2.49. The van der Waals surface area contributed by atoms with Gasteiger partial charge < -0.3 is 15.2 Å². The molecule has 2 fully saturated rings. The minimum absolute atomic E-state index is 0.000349.